The Bertz CT molecular complexity index is 3310. The third-order valence-corrected chi connectivity index (χ3v) is 20.5. The van der Waals surface area contributed by atoms with Gasteiger partial charge in [-0.2, -0.15) is 0 Å². The number of benzene rings is 3. The number of nitro benzene ring substituents is 3. The fraction of sp³-hybridized carbons (Fsp3) is 0.647. The zero-order valence-electron chi connectivity index (χ0n) is 68.6. The molecule has 3 aromatic rings. The number of nitro groups is 3. The fourth-order valence-corrected chi connectivity index (χ4v) is 12.5. The molecule has 0 unspecified atom stereocenters. The van der Waals surface area contributed by atoms with Gasteiger partial charge >= 0.3 is 29.8 Å². The quantitative estimate of drug-likeness (QED) is 0.00690. The highest BCUT2D eigenvalue weighted by molar-refractivity contribution is 15.0. The van der Waals surface area contributed by atoms with Gasteiger partial charge in [-0.15, -0.1) is 13.2 Å². The Balaban J connectivity index is -0.00000146. The monoisotopic (exact) mass is 2160 g/mol. The summed E-state index contributed by atoms with van der Waals surface area (Å²) in [6.45, 7) is 19.3. The van der Waals surface area contributed by atoms with E-state index in [0.717, 1.165) is 179 Å². The van der Waals surface area contributed by atoms with Crippen LogP contribution >= 0.6 is 117 Å². The molecule has 0 amide bonds. The Labute approximate surface area is 749 Å². The number of unbranched alkanes of at least 4 members (excludes halogenated alkanes) is 30. The summed E-state index contributed by atoms with van der Waals surface area (Å²) in [5, 5.41) is 59.5. The minimum absolute atomic E-state index is 0.0820. The van der Waals surface area contributed by atoms with Crippen LogP contribution in [0.5, 0.6) is 0 Å². The van der Waals surface area contributed by atoms with E-state index in [4.69, 9.17) is 29.5 Å². The van der Waals surface area contributed by atoms with E-state index < -0.39 is 47.3 Å². The van der Waals surface area contributed by atoms with Crippen LogP contribution in [0.15, 0.2) is 79.9 Å². The highest BCUT2D eigenvalue weighted by atomic mass is 128. The van der Waals surface area contributed by atoms with E-state index in [9.17, 15) is 68.7 Å². The molecule has 3 aromatic carbocycles. The van der Waals surface area contributed by atoms with Crippen molar-refractivity contribution in [2.45, 2.75) is 329 Å². The molecule has 0 aliphatic rings. The molecule has 115 heavy (non-hydrogen) atoms. The molecule has 0 spiro atoms. The first kappa shape index (κ1) is 115. The predicted molar refractivity (Wildman–Crippen MR) is 494 cm³/mol. The van der Waals surface area contributed by atoms with Gasteiger partial charge in [0.25, 0.3) is 17.1 Å². The summed E-state index contributed by atoms with van der Waals surface area (Å²) in [7, 11) is 0. The predicted octanol–water partition coefficient (Wildman–Crippen LogP) is 26.7. The summed E-state index contributed by atoms with van der Waals surface area (Å²) in [5.74, 6) is -2.61. The molecule has 3 rings (SSSR count). The second-order valence-electron chi connectivity index (χ2n) is 29.2. The molecule has 0 aliphatic heterocycles. The number of allylic oxidation sites excluding steroid dienone is 2. The Morgan fingerprint density at radius 1 is 0.400 bits per heavy atom. The second-order valence-corrected chi connectivity index (χ2v) is 36.3. The number of Topliss-reactive ketones (excluding diaryl/α,β-unsaturated/α-hetero) is 3. The number of aromatic carboxylic acids is 1. The summed E-state index contributed by atoms with van der Waals surface area (Å²) in [4.78, 5) is 124. The van der Waals surface area contributed by atoms with E-state index in [1.54, 1.807) is 12.1 Å². The van der Waals surface area contributed by atoms with E-state index in [0.29, 0.717) is 72.9 Å². The number of hydrogen-bond acceptors (Lipinski definition) is 18. The van der Waals surface area contributed by atoms with Crippen LogP contribution in [-0.2, 0) is 55.5 Å². The Morgan fingerprint density at radius 3 is 0.965 bits per heavy atom. The first-order chi connectivity index (χ1) is 54.5. The van der Waals surface area contributed by atoms with Crippen LogP contribution in [0.1, 0.15) is 346 Å². The normalized spacial score (nSPS) is 10.8. The number of alkyl halides is 5. The van der Waals surface area contributed by atoms with E-state index in [-0.39, 0.29) is 80.8 Å². The maximum atomic E-state index is 12.4. The van der Waals surface area contributed by atoms with Gasteiger partial charge in [-0.25, -0.2) is 14.4 Å². The van der Waals surface area contributed by atoms with Crippen LogP contribution in [0.4, 0.5) is 17.1 Å². The SMILES string of the molecule is C=CCCCCCCCCC(=O)O.C=CCCCCCCCCC(=O)OCc1ccc(C(=O)OCCCCCCCCCC(=O)C(C)(C)Br)cc1[N+](=O)[O-].CC(C)(Br)C(=O)CCCCCCCCCO.CC(C)(Br)C(=O)CCCCCCCCCOC(=O)c1ccc(CBr)c([N+](=O)[O-])c1.II.O=C(O)c1ccc(CBr)c([N+](=O)[O-])c1. The van der Waals surface area contributed by atoms with Crippen LogP contribution in [0.25, 0.3) is 0 Å². The van der Waals surface area contributed by atoms with Crippen LogP contribution < -0.4 is 0 Å². The first-order valence-electron chi connectivity index (χ1n) is 40.1. The molecule has 0 saturated carbocycles. The van der Waals surface area contributed by atoms with E-state index in [1.807, 2.05) is 53.7 Å². The van der Waals surface area contributed by atoms with Crippen molar-refractivity contribution in [1.29, 1.82) is 0 Å². The number of aliphatic hydroxyl groups excluding tert-OH is 1. The van der Waals surface area contributed by atoms with Crippen LogP contribution in [0.2, 0.25) is 0 Å². The molecular formula is C85H128Br5I2N3O20. The molecule has 0 radical (unpaired) electrons. The van der Waals surface area contributed by atoms with Gasteiger partial charge in [0.15, 0.2) is 0 Å². The lowest BCUT2D eigenvalue weighted by molar-refractivity contribution is -0.386. The third-order valence-electron chi connectivity index (χ3n) is 17.9. The molecule has 0 atom stereocenters. The number of halogens is 7. The van der Waals surface area contributed by atoms with Gasteiger partial charge in [-0.05, 0) is 143 Å². The molecule has 30 heteroatoms. The number of hydrogen-bond donors (Lipinski definition) is 3. The van der Waals surface area contributed by atoms with Gasteiger partial charge in [-0.1, -0.05) is 252 Å². The largest absolute Gasteiger partial charge is 0.481 e. The number of ketones is 3. The molecule has 0 saturated heterocycles. The van der Waals surface area contributed by atoms with E-state index in [1.165, 1.54) is 81.3 Å². The number of carboxylic acid groups (broad SMARTS) is 2. The summed E-state index contributed by atoms with van der Waals surface area (Å²) in [6.07, 6.45) is 43.0. The average Bonchev–Trinajstić information content (AvgIpc) is 0.845. The molecule has 0 heterocycles. The molecule has 652 valence electrons. The van der Waals surface area contributed by atoms with Crippen molar-refractivity contribution in [2.24, 2.45) is 0 Å². The van der Waals surface area contributed by atoms with Crippen molar-refractivity contribution in [3.63, 3.8) is 0 Å². The second kappa shape index (κ2) is 72.3. The Morgan fingerprint density at radius 2 is 0.670 bits per heavy atom. The smallest absolute Gasteiger partial charge is 0.338 e. The van der Waals surface area contributed by atoms with Gasteiger partial charge in [0.2, 0.25) is 0 Å². The van der Waals surface area contributed by atoms with E-state index in [2.05, 4.69) is 130 Å². The van der Waals surface area contributed by atoms with Gasteiger partial charge in [0.05, 0.1) is 63.2 Å². The molecule has 0 aliphatic carbocycles. The summed E-state index contributed by atoms with van der Waals surface area (Å²) in [6, 6.07) is 12.3. The molecular weight excluding hydrogens is 2040 g/mol. The standard InChI is InChI=1S/C32H48BrNO7.C21H29Br2NO5.C13H25BrO2.C11H20O2.C8H6BrNO4.I2/c1-4-5-6-7-8-11-14-17-20-30(36)41-25-27-22-21-26(24-28(27)34(38)39)31(37)40-23-18-15-12-9-10-13-16-19-29(35)32(2,3)33;1-21(2,23)19(25)10-8-6-4-3-5-7-9-13-29-20(26)16-11-12-17(15-22)18(14-16)24(27)28;1-13(2,14)12(16)10-8-6-4-3-5-7-9-11-15;1-2-3-4-5-6-7-8-9-10-11(12)13;9-4-6-2-1-5(8(11)12)3-7(6)10(13)14;1-2/h4,21-22,24H,1,5-20,23,25H2,2-3H3;11-12,14H,3-10,13,15H2,1-2H3;15H,3-11H2,1-2H3;2H,1,3-10H2,(H,12,13);1-3H,4H2,(H,11,12);. The maximum Gasteiger partial charge on any atom is 0.338 e. The summed E-state index contributed by atoms with van der Waals surface area (Å²) < 4.78 is 14.5. The lowest BCUT2D eigenvalue weighted by Crippen LogP contribution is -2.23. The number of carbonyl (C=O) groups excluding carboxylic acids is 6. The molecule has 23 nitrogen and oxygen atoms in total. The number of esters is 3. The highest BCUT2D eigenvalue weighted by Gasteiger charge is 2.26. The lowest BCUT2D eigenvalue weighted by atomic mass is 10.0. The molecule has 0 bridgehead atoms. The number of aliphatic carboxylic acids is 1. The van der Waals surface area contributed by atoms with Crippen molar-refractivity contribution in [3.8, 4) is 0 Å². The third kappa shape index (κ3) is 63.2. The zero-order chi connectivity index (χ0) is 87.5. The summed E-state index contributed by atoms with van der Waals surface area (Å²) >= 11 is 20.7. The molecule has 0 aromatic heterocycles. The number of aliphatic hydroxyl groups is 1. The van der Waals surface area contributed by atoms with Gasteiger partial charge < -0.3 is 29.5 Å². The Hall–Kier alpha value is -4.48. The highest BCUT2D eigenvalue weighted by Crippen LogP contribution is 2.28. The average molecular weight is 2170 g/mol. The summed E-state index contributed by atoms with van der Waals surface area (Å²) in [5.41, 5.74) is 0.895. The molecule has 0 fully saturated rings. The Kier molecular flexibility index (Phi) is 72.1. The zero-order valence-corrected chi connectivity index (χ0v) is 80.8. The van der Waals surface area contributed by atoms with E-state index >= 15 is 0 Å². The minimum Gasteiger partial charge on any atom is -0.481 e. The van der Waals surface area contributed by atoms with Crippen molar-refractivity contribution in [1.82, 2.24) is 0 Å². The fourth-order valence-electron chi connectivity index (χ4n) is 10.9. The van der Waals surface area contributed by atoms with Crippen molar-refractivity contribution in [2.75, 3.05) is 19.8 Å². The van der Waals surface area contributed by atoms with Gasteiger partial charge in [0.1, 0.15) is 24.0 Å². The number of ether oxygens (including phenoxy) is 3. The van der Waals surface area contributed by atoms with Crippen molar-refractivity contribution >= 4 is 181 Å². The number of rotatable bonds is 60. The van der Waals surface area contributed by atoms with Gasteiger partial charge in [0, 0.05) is 116 Å². The molecule has 3 N–H and O–H groups in total. The number of carbonyl (C=O) groups is 8. The minimum atomic E-state index is -1.17. The van der Waals surface area contributed by atoms with Crippen molar-refractivity contribution in [3.05, 3.63) is 144 Å². The first-order valence-corrected chi connectivity index (χ1v) is 51.0. The van der Waals surface area contributed by atoms with Crippen LogP contribution in [0.3, 0.4) is 0 Å². The van der Waals surface area contributed by atoms with Gasteiger partial charge in [-0.3, -0.25) is 54.3 Å². The topological polar surface area (TPSA) is 354 Å². The van der Waals surface area contributed by atoms with Crippen molar-refractivity contribution < 1.29 is 82.7 Å². The number of carboxylic acids is 2. The number of nitrogens with zero attached hydrogens (tertiary/aromatic N) is 3. The van der Waals surface area contributed by atoms with Crippen LogP contribution in [0, 0.1) is 30.3 Å². The van der Waals surface area contributed by atoms with Crippen LogP contribution in [-0.4, -0.2) is 110 Å². The maximum absolute atomic E-state index is 12.4. The lowest BCUT2D eigenvalue weighted by Gasteiger charge is -2.13.